The summed E-state index contributed by atoms with van der Waals surface area (Å²) < 4.78 is 0. The monoisotopic (exact) mass is 199 g/mol. The lowest BCUT2D eigenvalue weighted by atomic mass is 10.1. The van der Waals surface area contributed by atoms with Crippen LogP contribution >= 0.6 is 0 Å². The maximum absolute atomic E-state index is 9.49. The van der Waals surface area contributed by atoms with Gasteiger partial charge in [-0.1, -0.05) is 6.42 Å². The van der Waals surface area contributed by atoms with Gasteiger partial charge in [0.2, 0.25) is 5.96 Å². The molecule has 0 amide bonds. The van der Waals surface area contributed by atoms with E-state index in [9.17, 15) is 5.11 Å². The van der Waals surface area contributed by atoms with Gasteiger partial charge in [0.25, 0.3) is 0 Å². The Morgan fingerprint density at radius 3 is 2.50 bits per heavy atom. The fourth-order valence-electron chi connectivity index (χ4n) is 1.61. The molecule has 80 valence electrons. The molecule has 2 unspecified atom stereocenters. The molecule has 6 nitrogen and oxygen atoms in total. The van der Waals surface area contributed by atoms with Gasteiger partial charge in [0.05, 0.1) is 6.10 Å². The Bertz CT molecular complexity index is 246. The summed E-state index contributed by atoms with van der Waals surface area (Å²) in [7, 11) is 0. The smallest absolute Gasteiger partial charge is 0.218 e. The molecule has 1 rings (SSSR count). The van der Waals surface area contributed by atoms with Crippen molar-refractivity contribution >= 4 is 11.9 Å². The number of nitrogens with zero attached hydrogens (tertiary/aromatic N) is 2. The average Bonchev–Trinajstić information content (AvgIpc) is 2.46. The van der Waals surface area contributed by atoms with Crippen LogP contribution in [0.15, 0.2) is 9.98 Å². The Morgan fingerprint density at radius 2 is 2.00 bits per heavy atom. The van der Waals surface area contributed by atoms with E-state index in [1.807, 2.05) is 0 Å². The summed E-state index contributed by atoms with van der Waals surface area (Å²) in [6.07, 6.45) is 2.62. The van der Waals surface area contributed by atoms with Crippen LogP contribution in [-0.2, 0) is 0 Å². The average molecular weight is 199 g/mol. The lowest BCUT2D eigenvalue weighted by molar-refractivity contribution is 0.137. The second kappa shape index (κ2) is 4.80. The summed E-state index contributed by atoms with van der Waals surface area (Å²) in [5, 5.41) is 9.49. The third-order valence-corrected chi connectivity index (χ3v) is 2.35. The second-order valence-corrected chi connectivity index (χ2v) is 3.49. The predicted molar refractivity (Wildman–Crippen MR) is 55.6 cm³/mol. The van der Waals surface area contributed by atoms with Crippen LogP contribution in [0.5, 0.6) is 0 Å². The van der Waals surface area contributed by atoms with E-state index in [0.29, 0.717) is 6.54 Å². The maximum atomic E-state index is 9.49. The number of aliphatic hydroxyl groups excluding tert-OH is 1. The summed E-state index contributed by atoms with van der Waals surface area (Å²) in [5.41, 5.74) is 15.7. The van der Waals surface area contributed by atoms with Crippen molar-refractivity contribution in [3.63, 3.8) is 0 Å². The lowest BCUT2D eigenvalue weighted by Gasteiger charge is -2.10. The SMILES string of the molecule is NC(N)=NC(N)=NCC1CCCC1O. The summed E-state index contributed by atoms with van der Waals surface area (Å²) >= 11 is 0. The Hall–Kier alpha value is -1.30. The molecule has 0 aromatic carbocycles. The third-order valence-electron chi connectivity index (χ3n) is 2.35. The molecule has 0 aromatic heterocycles. The molecule has 6 heteroatoms. The largest absolute Gasteiger partial charge is 0.393 e. The van der Waals surface area contributed by atoms with Gasteiger partial charge in [0, 0.05) is 12.5 Å². The van der Waals surface area contributed by atoms with Crippen molar-refractivity contribution in [1.29, 1.82) is 0 Å². The van der Waals surface area contributed by atoms with Gasteiger partial charge in [-0.15, -0.1) is 0 Å². The van der Waals surface area contributed by atoms with E-state index < -0.39 is 0 Å². The Morgan fingerprint density at radius 1 is 1.29 bits per heavy atom. The summed E-state index contributed by atoms with van der Waals surface area (Å²) in [6, 6.07) is 0. The van der Waals surface area contributed by atoms with Gasteiger partial charge in [-0.05, 0) is 12.8 Å². The van der Waals surface area contributed by atoms with Crippen molar-refractivity contribution in [2.45, 2.75) is 25.4 Å². The van der Waals surface area contributed by atoms with Crippen LogP contribution in [0.3, 0.4) is 0 Å². The number of guanidine groups is 2. The van der Waals surface area contributed by atoms with Gasteiger partial charge in [0.15, 0.2) is 5.96 Å². The van der Waals surface area contributed by atoms with Crippen molar-refractivity contribution < 1.29 is 5.11 Å². The number of hydrogen-bond acceptors (Lipinski definition) is 2. The van der Waals surface area contributed by atoms with E-state index in [1.54, 1.807) is 0 Å². The lowest BCUT2D eigenvalue weighted by Crippen LogP contribution is -2.27. The van der Waals surface area contributed by atoms with Crippen molar-refractivity contribution in [3.05, 3.63) is 0 Å². The van der Waals surface area contributed by atoms with Gasteiger partial charge in [0.1, 0.15) is 0 Å². The number of aliphatic hydroxyl groups is 1. The topological polar surface area (TPSA) is 123 Å². The standard InChI is InChI=1S/C8H17N5O/c9-7(10)13-8(11)12-4-5-2-1-3-6(5)14/h5-6,14H,1-4H2,(H6,9,10,11,12,13). The zero-order chi connectivity index (χ0) is 10.6. The quantitative estimate of drug-likeness (QED) is 0.327. The van der Waals surface area contributed by atoms with Gasteiger partial charge in [-0.2, -0.15) is 4.99 Å². The number of nitrogens with two attached hydrogens (primary N) is 3. The molecule has 0 aliphatic heterocycles. The highest BCUT2D eigenvalue weighted by molar-refractivity contribution is 5.92. The van der Waals surface area contributed by atoms with Crippen LogP contribution < -0.4 is 17.2 Å². The van der Waals surface area contributed by atoms with Crippen LogP contribution in [0.25, 0.3) is 0 Å². The molecule has 0 radical (unpaired) electrons. The van der Waals surface area contributed by atoms with Crippen molar-refractivity contribution in [2.24, 2.45) is 33.1 Å². The van der Waals surface area contributed by atoms with E-state index >= 15 is 0 Å². The number of aliphatic imine (C=N–C) groups is 2. The fourth-order valence-corrected chi connectivity index (χ4v) is 1.61. The molecular formula is C8H17N5O. The van der Waals surface area contributed by atoms with Gasteiger partial charge < -0.3 is 22.3 Å². The summed E-state index contributed by atoms with van der Waals surface area (Å²) in [6.45, 7) is 0.490. The van der Waals surface area contributed by atoms with Crippen molar-refractivity contribution in [1.82, 2.24) is 0 Å². The highest BCUT2D eigenvalue weighted by Crippen LogP contribution is 2.25. The molecule has 1 saturated carbocycles. The van der Waals surface area contributed by atoms with Crippen molar-refractivity contribution in [3.8, 4) is 0 Å². The molecule has 0 saturated heterocycles. The number of rotatable bonds is 2. The molecule has 1 fully saturated rings. The van der Waals surface area contributed by atoms with E-state index in [0.717, 1.165) is 19.3 Å². The van der Waals surface area contributed by atoms with E-state index in [2.05, 4.69) is 9.98 Å². The Kier molecular flexibility index (Phi) is 3.70. The maximum Gasteiger partial charge on any atom is 0.218 e. The molecule has 0 spiro atoms. The zero-order valence-electron chi connectivity index (χ0n) is 8.06. The molecule has 7 N–H and O–H groups in total. The minimum Gasteiger partial charge on any atom is -0.393 e. The van der Waals surface area contributed by atoms with E-state index in [1.165, 1.54) is 0 Å². The zero-order valence-corrected chi connectivity index (χ0v) is 8.06. The van der Waals surface area contributed by atoms with E-state index in [4.69, 9.17) is 17.2 Å². The highest BCUT2D eigenvalue weighted by atomic mass is 16.3. The van der Waals surface area contributed by atoms with Crippen LogP contribution in [0.4, 0.5) is 0 Å². The molecule has 0 aromatic rings. The van der Waals surface area contributed by atoms with Crippen LogP contribution in [0.2, 0.25) is 0 Å². The first-order chi connectivity index (χ1) is 6.59. The Balaban J connectivity index is 2.41. The van der Waals surface area contributed by atoms with Gasteiger partial charge in [-0.25, -0.2) is 0 Å². The van der Waals surface area contributed by atoms with Crippen LogP contribution in [-0.4, -0.2) is 29.7 Å². The molecule has 0 bridgehead atoms. The highest BCUT2D eigenvalue weighted by Gasteiger charge is 2.24. The molecule has 2 atom stereocenters. The first-order valence-corrected chi connectivity index (χ1v) is 4.67. The van der Waals surface area contributed by atoms with Crippen LogP contribution in [0, 0.1) is 5.92 Å². The van der Waals surface area contributed by atoms with Gasteiger partial charge in [-0.3, -0.25) is 4.99 Å². The predicted octanol–water partition coefficient (Wildman–Crippen LogP) is -1.26. The third kappa shape index (κ3) is 3.21. The van der Waals surface area contributed by atoms with Crippen molar-refractivity contribution in [2.75, 3.05) is 6.54 Å². The first-order valence-electron chi connectivity index (χ1n) is 4.67. The molecule has 1 aliphatic rings. The van der Waals surface area contributed by atoms with Gasteiger partial charge >= 0.3 is 0 Å². The molecule has 14 heavy (non-hydrogen) atoms. The van der Waals surface area contributed by atoms with Crippen LogP contribution in [0.1, 0.15) is 19.3 Å². The van der Waals surface area contributed by atoms with E-state index in [-0.39, 0.29) is 23.9 Å². The molecule has 1 aliphatic carbocycles. The number of hydrogen-bond donors (Lipinski definition) is 4. The first kappa shape index (κ1) is 10.8. The minimum absolute atomic E-state index is 0.0732. The normalized spacial score (nSPS) is 27.6. The molecular weight excluding hydrogens is 182 g/mol. The Labute approximate surface area is 82.9 Å². The minimum atomic E-state index is -0.259. The second-order valence-electron chi connectivity index (χ2n) is 3.49. The fraction of sp³-hybridized carbons (Fsp3) is 0.750. The summed E-state index contributed by atoms with van der Waals surface area (Å²) in [4.78, 5) is 7.57. The molecule has 0 heterocycles. The summed E-state index contributed by atoms with van der Waals surface area (Å²) in [5.74, 6) is 0.171.